The first kappa shape index (κ1) is 16.3. The number of hydrogen-bond acceptors (Lipinski definition) is 4. The van der Waals surface area contributed by atoms with Crippen molar-refractivity contribution in [3.8, 4) is 0 Å². The third-order valence-electron chi connectivity index (χ3n) is 2.98. The summed E-state index contributed by atoms with van der Waals surface area (Å²) < 4.78 is 4.51. The maximum absolute atomic E-state index is 11.4. The van der Waals surface area contributed by atoms with E-state index in [0.29, 0.717) is 32.5 Å². The smallest absolute Gasteiger partial charge is 0.314 e. The van der Waals surface area contributed by atoms with E-state index >= 15 is 0 Å². The zero-order valence-corrected chi connectivity index (χ0v) is 11.9. The molecule has 20 heavy (non-hydrogen) atoms. The lowest BCUT2D eigenvalue weighted by molar-refractivity contribution is -0.140. The van der Waals surface area contributed by atoms with Crippen molar-refractivity contribution < 1.29 is 19.1 Å². The van der Waals surface area contributed by atoms with Crippen molar-refractivity contribution in [2.75, 3.05) is 26.7 Å². The zero-order valence-electron chi connectivity index (χ0n) is 11.9. The Labute approximate surface area is 118 Å². The summed E-state index contributed by atoms with van der Waals surface area (Å²) >= 11 is 0. The van der Waals surface area contributed by atoms with Crippen molar-refractivity contribution in [2.24, 2.45) is 5.92 Å². The molecule has 7 heteroatoms. The van der Waals surface area contributed by atoms with Gasteiger partial charge in [0.25, 0.3) is 0 Å². The molecule has 0 saturated heterocycles. The van der Waals surface area contributed by atoms with Gasteiger partial charge in [0.2, 0.25) is 5.91 Å². The molecule has 0 aromatic heterocycles. The van der Waals surface area contributed by atoms with Crippen LogP contribution in [0.3, 0.4) is 0 Å². The highest BCUT2D eigenvalue weighted by atomic mass is 16.5. The SMILES string of the molecule is COC(=O)CCCCNC(=O)NCCNC(=O)C1CC1. The number of ether oxygens (including phenoxy) is 1. The standard InChI is InChI=1S/C13H23N3O4/c1-20-11(17)4-2-3-7-15-13(19)16-9-8-14-12(18)10-5-6-10/h10H,2-9H2,1H3,(H,14,18)(H2,15,16,19). The third-order valence-corrected chi connectivity index (χ3v) is 2.98. The van der Waals surface area contributed by atoms with Crippen LogP contribution in [0.25, 0.3) is 0 Å². The lowest BCUT2D eigenvalue weighted by Crippen LogP contribution is -2.40. The average molecular weight is 285 g/mol. The number of unbranched alkanes of at least 4 members (excludes halogenated alkanes) is 1. The largest absolute Gasteiger partial charge is 0.469 e. The molecule has 0 spiro atoms. The summed E-state index contributed by atoms with van der Waals surface area (Å²) in [5.74, 6) is 0.0366. The predicted molar refractivity (Wildman–Crippen MR) is 73.0 cm³/mol. The first-order chi connectivity index (χ1) is 9.63. The minimum atomic E-state index is -0.260. The first-order valence-electron chi connectivity index (χ1n) is 6.99. The summed E-state index contributed by atoms with van der Waals surface area (Å²) in [4.78, 5) is 33.5. The fourth-order valence-corrected chi connectivity index (χ4v) is 1.61. The molecule has 114 valence electrons. The monoisotopic (exact) mass is 285 g/mol. The summed E-state index contributed by atoms with van der Waals surface area (Å²) in [6.45, 7) is 1.37. The van der Waals surface area contributed by atoms with Gasteiger partial charge in [-0.05, 0) is 25.7 Å². The van der Waals surface area contributed by atoms with Gasteiger partial charge in [0.05, 0.1) is 7.11 Å². The number of carbonyl (C=O) groups excluding carboxylic acids is 3. The van der Waals surface area contributed by atoms with Crippen LogP contribution < -0.4 is 16.0 Å². The Kier molecular flexibility index (Phi) is 7.46. The Morgan fingerprint density at radius 1 is 1.00 bits per heavy atom. The van der Waals surface area contributed by atoms with E-state index in [9.17, 15) is 14.4 Å². The Balaban J connectivity index is 1.87. The molecule has 0 aromatic carbocycles. The number of carbonyl (C=O) groups is 3. The number of rotatable bonds is 9. The van der Waals surface area contributed by atoms with E-state index in [-0.39, 0.29) is 23.8 Å². The molecule has 3 amide bonds. The maximum Gasteiger partial charge on any atom is 0.314 e. The third kappa shape index (κ3) is 7.60. The van der Waals surface area contributed by atoms with Gasteiger partial charge < -0.3 is 20.7 Å². The van der Waals surface area contributed by atoms with E-state index in [1.54, 1.807) is 0 Å². The van der Waals surface area contributed by atoms with Gasteiger partial charge in [0.15, 0.2) is 0 Å². The second-order valence-corrected chi connectivity index (χ2v) is 4.78. The van der Waals surface area contributed by atoms with Crippen LogP contribution in [-0.2, 0) is 14.3 Å². The van der Waals surface area contributed by atoms with Gasteiger partial charge in [-0.25, -0.2) is 4.79 Å². The van der Waals surface area contributed by atoms with Crippen molar-refractivity contribution in [3.63, 3.8) is 0 Å². The van der Waals surface area contributed by atoms with Gasteiger partial charge in [0, 0.05) is 32.0 Å². The fourth-order valence-electron chi connectivity index (χ4n) is 1.61. The van der Waals surface area contributed by atoms with E-state index in [4.69, 9.17) is 0 Å². The van der Waals surface area contributed by atoms with Gasteiger partial charge in [-0.3, -0.25) is 9.59 Å². The number of methoxy groups -OCH3 is 1. The van der Waals surface area contributed by atoms with Gasteiger partial charge in [-0.2, -0.15) is 0 Å². The Bertz CT molecular complexity index is 343. The summed E-state index contributed by atoms with van der Waals surface area (Å²) in [6, 6.07) is -0.260. The molecule has 0 aliphatic heterocycles. The number of urea groups is 1. The van der Waals surface area contributed by atoms with E-state index in [1.165, 1.54) is 7.11 Å². The molecule has 1 fully saturated rings. The second kappa shape index (κ2) is 9.17. The molecule has 0 atom stereocenters. The quantitative estimate of drug-likeness (QED) is 0.415. The molecule has 1 aliphatic carbocycles. The highest BCUT2D eigenvalue weighted by Gasteiger charge is 2.28. The molecular weight excluding hydrogens is 262 g/mol. The van der Waals surface area contributed by atoms with Crippen LogP contribution in [0.2, 0.25) is 0 Å². The predicted octanol–water partition coefficient (Wildman–Crippen LogP) is 0.155. The van der Waals surface area contributed by atoms with Crippen molar-refractivity contribution in [1.82, 2.24) is 16.0 Å². The molecule has 0 bridgehead atoms. The first-order valence-corrected chi connectivity index (χ1v) is 6.99. The van der Waals surface area contributed by atoms with Crippen molar-refractivity contribution >= 4 is 17.9 Å². The van der Waals surface area contributed by atoms with E-state index in [2.05, 4.69) is 20.7 Å². The minimum absolute atomic E-state index is 0.0787. The van der Waals surface area contributed by atoms with Gasteiger partial charge in [-0.1, -0.05) is 0 Å². The molecule has 3 N–H and O–H groups in total. The maximum atomic E-state index is 11.4. The number of amides is 3. The van der Waals surface area contributed by atoms with Crippen LogP contribution in [0.5, 0.6) is 0 Å². The zero-order chi connectivity index (χ0) is 14.8. The molecule has 0 heterocycles. The summed E-state index contributed by atoms with van der Waals surface area (Å²) in [5.41, 5.74) is 0. The molecule has 0 radical (unpaired) electrons. The second-order valence-electron chi connectivity index (χ2n) is 4.78. The molecule has 0 aromatic rings. The summed E-state index contributed by atoms with van der Waals surface area (Å²) in [5, 5.41) is 8.10. The highest BCUT2D eigenvalue weighted by Crippen LogP contribution is 2.28. The Hall–Kier alpha value is -1.79. The number of esters is 1. The molecule has 0 unspecified atom stereocenters. The van der Waals surface area contributed by atoms with Crippen LogP contribution in [0.1, 0.15) is 32.1 Å². The topological polar surface area (TPSA) is 96.5 Å². The van der Waals surface area contributed by atoms with Crippen LogP contribution in [0.4, 0.5) is 4.79 Å². The van der Waals surface area contributed by atoms with E-state index in [1.807, 2.05) is 0 Å². The normalized spacial score (nSPS) is 13.4. The minimum Gasteiger partial charge on any atom is -0.469 e. The van der Waals surface area contributed by atoms with Crippen LogP contribution in [0, 0.1) is 5.92 Å². The number of hydrogen-bond donors (Lipinski definition) is 3. The molecule has 1 rings (SSSR count). The molecule has 7 nitrogen and oxygen atoms in total. The average Bonchev–Trinajstić information content (AvgIpc) is 3.27. The summed E-state index contributed by atoms with van der Waals surface area (Å²) in [7, 11) is 1.36. The van der Waals surface area contributed by atoms with Gasteiger partial charge >= 0.3 is 12.0 Å². The van der Waals surface area contributed by atoms with E-state index in [0.717, 1.165) is 19.3 Å². The molecule has 1 saturated carbocycles. The molecular formula is C13H23N3O4. The molecule has 1 aliphatic rings. The van der Waals surface area contributed by atoms with Crippen LogP contribution in [-0.4, -0.2) is 44.7 Å². The van der Waals surface area contributed by atoms with E-state index < -0.39 is 0 Å². The van der Waals surface area contributed by atoms with Crippen molar-refractivity contribution in [1.29, 1.82) is 0 Å². The Morgan fingerprint density at radius 2 is 1.65 bits per heavy atom. The highest BCUT2D eigenvalue weighted by molar-refractivity contribution is 5.80. The number of nitrogens with one attached hydrogen (secondary N) is 3. The lowest BCUT2D eigenvalue weighted by atomic mass is 10.2. The fraction of sp³-hybridized carbons (Fsp3) is 0.769. The van der Waals surface area contributed by atoms with Crippen LogP contribution in [0.15, 0.2) is 0 Å². The van der Waals surface area contributed by atoms with Gasteiger partial charge in [-0.15, -0.1) is 0 Å². The summed E-state index contributed by atoms with van der Waals surface area (Å²) in [6.07, 6.45) is 3.73. The van der Waals surface area contributed by atoms with Crippen molar-refractivity contribution in [2.45, 2.75) is 32.1 Å². The van der Waals surface area contributed by atoms with Crippen LogP contribution >= 0.6 is 0 Å². The van der Waals surface area contributed by atoms with Crippen molar-refractivity contribution in [3.05, 3.63) is 0 Å². The Morgan fingerprint density at radius 3 is 2.30 bits per heavy atom. The van der Waals surface area contributed by atoms with Gasteiger partial charge in [0.1, 0.15) is 0 Å². The lowest BCUT2D eigenvalue weighted by Gasteiger charge is -2.08.